The Hall–Kier alpha value is -1.43. The number of carbonyl (C=O) groups is 1. The fourth-order valence-corrected chi connectivity index (χ4v) is 1.48. The molecule has 0 saturated carbocycles. The fraction of sp³-hybridized carbons (Fsp3) is 0.545. The zero-order valence-corrected chi connectivity index (χ0v) is 10.8. The topological polar surface area (TPSA) is 69.8 Å². The van der Waals surface area contributed by atoms with Crippen LogP contribution < -0.4 is 10.6 Å². The molecule has 0 bridgehead atoms. The monoisotopic (exact) mass is 254 g/mol. The van der Waals surface area contributed by atoms with Crippen LogP contribution in [0.1, 0.15) is 32.6 Å². The van der Waals surface area contributed by atoms with Crippen molar-refractivity contribution in [1.82, 2.24) is 15.3 Å². The zero-order valence-electron chi connectivity index (χ0n) is 9.95. The van der Waals surface area contributed by atoms with E-state index in [0.29, 0.717) is 12.4 Å². The number of rotatable bonds is 7. The summed E-state index contributed by atoms with van der Waals surface area (Å²) < 4.78 is 0. The van der Waals surface area contributed by atoms with E-state index in [2.05, 4.69) is 20.6 Å². The molecule has 17 heavy (non-hydrogen) atoms. The second-order valence-corrected chi connectivity index (χ2v) is 4.39. The lowest BCUT2D eigenvalue weighted by molar-refractivity contribution is -0.116. The standard InChI is InChI=1S/C11H18N4OS/c1-9(17)12-6-4-2-3-5-10(16)15-11-13-7-8-14-11/h7-8H,2-6H2,1H3,(H,12,17)(H2,13,14,15,16). The number of amides is 1. The first kappa shape index (κ1) is 13.6. The Balaban J connectivity index is 1.99. The van der Waals surface area contributed by atoms with E-state index in [9.17, 15) is 4.79 Å². The van der Waals surface area contributed by atoms with Crippen molar-refractivity contribution in [3.63, 3.8) is 0 Å². The summed E-state index contributed by atoms with van der Waals surface area (Å²) in [6.07, 6.45) is 6.73. The minimum Gasteiger partial charge on any atom is -0.380 e. The number of aromatic nitrogens is 2. The largest absolute Gasteiger partial charge is 0.380 e. The molecule has 1 aromatic rings. The number of aromatic amines is 1. The van der Waals surface area contributed by atoms with E-state index in [0.717, 1.165) is 30.8 Å². The number of imidazole rings is 1. The van der Waals surface area contributed by atoms with Gasteiger partial charge in [0.2, 0.25) is 11.9 Å². The Bertz CT molecular complexity index is 350. The molecular weight excluding hydrogens is 236 g/mol. The quantitative estimate of drug-likeness (QED) is 0.513. The van der Waals surface area contributed by atoms with Crippen molar-refractivity contribution in [2.75, 3.05) is 11.9 Å². The Morgan fingerprint density at radius 3 is 2.94 bits per heavy atom. The lowest BCUT2D eigenvalue weighted by Gasteiger charge is -2.04. The van der Waals surface area contributed by atoms with Crippen molar-refractivity contribution in [2.45, 2.75) is 32.6 Å². The Morgan fingerprint density at radius 2 is 2.29 bits per heavy atom. The van der Waals surface area contributed by atoms with Crippen molar-refractivity contribution in [3.05, 3.63) is 12.4 Å². The number of hydrogen-bond donors (Lipinski definition) is 3. The van der Waals surface area contributed by atoms with Gasteiger partial charge in [-0.25, -0.2) is 4.98 Å². The number of nitrogens with zero attached hydrogens (tertiary/aromatic N) is 1. The molecule has 5 nitrogen and oxygen atoms in total. The van der Waals surface area contributed by atoms with E-state index in [1.165, 1.54) is 0 Å². The fourth-order valence-electron chi connectivity index (χ4n) is 1.38. The molecule has 0 radical (unpaired) electrons. The molecule has 1 aromatic heterocycles. The number of anilines is 1. The highest BCUT2D eigenvalue weighted by molar-refractivity contribution is 7.80. The van der Waals surface area contributed by atoms with Gasteiger partial charge in [0.1, 0.15) is 0 Å². The van der Waals surface area contributed by atoms with Crippen molar-refractivity contribution in [1.29, 1.82) is 0 Å². The van der Waals surface area contributed by atoms with Crippen molar-refractivity contribution in [3.8, 4) is 0 Å². The smallest absolute Gasteiger partial charge is 0.226 e. The summed E-state index contributed by atoms with van der Waals surface area (Å²) in [5, 5.41) is 5.77. The Labute approximate surface area is 106 Å². The van der Waals surface area contributed by atoms with Gasteiger partial charge >= 0.3 is 0 Å². The van der Waals surface area contributed by atoms with Crippen molar-refractivity contribution >= 4 is 29.1 Å². The van der Waals surface area contributed by atoms with Gasteiger partial charge in [-0.3, -0.25) is 10.1 Å². The van der Waals surface area contributed by atoms with Gasteiger partial charge in [-0.15, -0.1) is 0 Å². The van der Waals surface area contributed by atoms with Gasteiger partial charge in [-0.05, 0) is 19.8 Å². The number of thiocarbonyl (C=S) groups is 1. The molecule has 0 fully saturated rings. The molecule has 0 aliphatic heterocycles. The second-order valence-electron chi connectivity index (χ2n) is 3.78. The summed E-state index contributed by atoms with van der Waals surface area (Å²) in [6, 6.07) is 0. The number of carbonyl (C=O) groups excluding carboxylic acids is 1. The maximum absolute atomic E-state index is 11.4. The third-order valence-electron chi connectivity index (χ3n) is 2.21. The maximum atomic E-state index is 11.4. The van der Waals surface area contributed by atoms with Crippen LogP contribution in [0.25, 0.3) is 0 Å². The Morgan fingerprint density at radius 1 is 1.47 bits per heavy atom. The van der Waals surface area contributed by atoms with Gasteiger partial charge in [0.25, 0.3) is 0 Å². The van der Waals surface area contributed by atoms with Gasteiger partial charge in [-0.1, -0.05) is 18.6 Å². The highest BCUT2D eigenvalue weighted by atomic mass is 32.1. The van der Waals surface area contributed by atoms with Crippen LogP contribution in [0.15, 0.2) is 12.4 Å². The minimum absolute atomic E-state index is 0.000999. The van der Waals surface area contributed by atoms with E-state index >= 15 is 0 Å². The van der Waals surface area contributed by atoms with Gasteiger partial charge in [0.05, 0.1) is 4.99 Å². The van der Waals surface area contributed by atoms with Crippen LogP contribution in [0.4, 0.5) is 5.95 Å². The molecule has 3 N–H and O–H groups in total. The van der Waals surface area contributed by atoms with E-state index in [1.54, 1.807) is 12.4 Å². The second kappa shape index (κ2) is 7.78. The molecule has 0 unspecified atom stereocenters. The van der Waals surface area contributed by atoms with Crippen LogP contribution in [0.3, 0.4) is 0 Å². The summed E-state index contributed by atoms with van der Waals surface area (Å²) >= 11 is 4.89. The lowest BCUT2D eigenvalue weighted by atomic mass is 10.2. The zero-order chi connectivity index (χ0) is 12.5. The van der Waals surface area contributed by atoms with Crippen LogP contribution >= 0.6 is 12.2 Å². The van der Waals surface area contributed by atoms with E-state index < -0.39 is 0 Å². The first-order chi connectivity index (χ1) is 8.18. The molecule has 1 amide bonds. The molecule has 1 heterocycles. The number of nitrogens with one attached hydrogen (secondary N) is 3. The molecule has 1 rings (SSSR count). The first-order valence-electron chi connectivity index (χ1n) is 5.72. The molecular formula is C11H18N4OS. The van der Waals surface area contributed by atoms with Crippen LogP contribution in [0, 0.1) is 0 Å². The first-order valence-corrected chi connectivity index (χ1v) is 6.13. The number of unbranched alkanes of at least 4 members (excludes halogenated alkanes) is 2. The van der Waals surface area contributed by atoms with Crippen LogP contribution in [0.5, 0.6) is 0 Å². The highest BCUT2D eigenvalue weighted by Crippen LogP contribution is 2.02. The van der Waals surface area contributed by atoms with E-state index in [1.807, 2.05) is 6.92 Å². The van der Waals surface area contributed by atoms with E-state index in [-0.39, 0.29) is 5.91 Å². The van der Waals surface area contributed by atoms with Crippen LogP contribution in [-0.4, -0.2) is 27.4 Å². The average molecular weight is 254 g/mol. The summed E-state index contributed by atoms with van der Waals surface area (Å²) in [4.78, 5) is 19.0. The number of hydrogen-bond acceptors (Lipinski definition) is 3. The number of H-pyrrole nitrogens is 1. The predicted molar refractivity (Wildman–Crippen MR) is 72.0 cm³/mol. The van der Waals surface area contributed by atoms with Crippen LogP contribution in [0.2, 0.25) is 0 Å². The van der Waals surface area contributed by atoms with Gasteiger partial charge in [-0.2, -0.15) is 0 Å². The Kier molecular flexibility index (Phi) is 6.24. The normalized spacial score (nSPS) is 9.94. The SMILES string of the molecule is CC(=S)NCCCCCC(=O)Nc1ncc[nH]1. The van der Waals surface area contributed by atoms with Crippen molar-refractivity contribution < 1.29 is 4.79 Å². The molecule has 0 saturated heterocycles. The predicted octanol–water partition coefficient (Wildman–Crippen LogP) is 1.85. The van der Waals surface area contributed by atoms with Crippen molar-refractivity contribution in [2.24, 2.45) is 0 Å². The third kappa shape index (κ3) is 6.68. The molecule has 94 valence electrons. The van der Waals surface area contributed by atoms with E-state index in [4.69, 9.17) is 12.2 Å². The van der Waals surface area contributed by atoms with Gasteiger partial charge in [0.15, 0.2) is 0 Å². The molecule has 0 atom stereocenters. The minimum atomic E-state index is -0.000999. The van der Waals surface area contributed by atoms with Gasteiger partial charge < -0.3 is 10.3 Å². The summed E-state index contributed by atoms with van der Waals surface area (Å²) in [7, 11) is 0. The molecule has 6 heteroatoms. The molecule has 0 aliphatic carbocycles. The maximum Gasteiger partial charge on any atom is 0.226 e. The summed E-state index contributed by atoms with van der Waals surface area (Å²) in [6.45, 7) is 2.75. The summed E-state index contributed by atoms with van der Waals surface area (Å²) in [5.41, 5.74) is 0. The van der Waals surface area contributed by atoms with Gasteiger partial charge in [0, 0.05) is 25.4 Å². The average Bonchev–Trinajstić information content (AvgIpc) is 2.75. The lowest BCUT2D eigenvalue weighted by Crippen LogP contribution is -2.19. The highest BCUT2D eigenvalue weighted by Gasteiger charge is 2.02. The molecule has 0 aliphatic rings. The van der Waals surface area contributed by atoms with Crippen LogP contribution in [-0.2, 0) is 4.79 Å². The molecule has 0 spiro atoms. The summed E-state index contributed by atoms with van der Waals surface area (Å²) in [5.74, 6) is 0.506. The molecule has 0 aromatic carbocycles. The third-order valence-corrected chi connectivity index (χ3v) is 2.35.